The molecule has 0 N–H and O–H groups in total. The first-order valence-electron chi connectivity index (χ1n) is 12.4. The molecule has 0 fully saturated rings. The lowest BCUT2D eigenvalue weighted by molar-refractivity contribution is -0.135. The van der Waals surface area contributed by atoms with Crippen LogP contribution in [0.5, 0.6) is 5.75 Å². The fourth-order valence-electron chi connectivity index (χ4n) is 5.17. The summed E-state index contributed by atoms with van der Waals surface area (Å²) in [5.41, 5.74) is 1.95. The zero-order chi connectivity index (χ0) is 27.9. The Bertz CT molecular complexity index is 1400. The molecule has 39 heavy (non-hydrogen) atoms. The first kappa shape index (κ1) is 27.5. The van der Waals surface area contributed by atoms with Crippen molar-refractivity contribution in [2.75, 3.05) is 31.6 Å². The third kappa shape index (κ3) is 5.79. The van der Waals surface area contributed by atoms with E-state index >= 15 is 4.39 Å². The first-order chi connectivity index (χ1) is 18.5. The number of carbonyl (C=O) groups excluding carboxylic acids is 1. The summed E-state index contributed by atoms with van der Waals surface area (Å²) in [6.07, 6.45) is -1.10. The largest absolute Gasteiger partial charge is 0.481 e. The van der Waals surface area contributed by atoms with Crippen molar-refractivity contribution in [2.24, 2.45) is 0 Å². The van der Waals surface area contributed by atoms with E-state index in [-0.39, 0.29) is 21.7 Å². The standard InChI is InChI=1S/C26H25Cl2F4N5O2/c1-35(14-26(30,31)32)20-8-7-19(25(28)34-20)39-13-22(38)37-11-9-18-24(36-10-3-2-4-21(36)33-18)23(37)16-6-5-15(27)12-17(16)29/h5-8,12,23H,2-4,9-11,13-14H2,1H3. The molecule has 2 aromatic heterocycles. The van der Waals surface area contributed by atoms with Crippen LogP contribution in [0.4, 0.5) is 23.4 Å². The Morgan fingerprint density at radius 1 is 1.13 bits per heavy atom. The zero-order valence-electron chi connectivity index (χ0n) is 20.9. The zero-order valence-corrected chi connectivity index (χ0v) is 22.5. The summed E-state index contributed by atoms with van der Waals surface area (Å²) in [7, 11) is 1.24. The molecule has 2 aliphatic heterocycles. The number of anilines is 1. The molecular formula is C26H25Cl2F4N5O2. The molecular weight excluding hydrogens is 561 g/mol. The highest BCUT2D eigenvalue weighted by atomic mass is 35.5. The third-order valence-corrected chi connectivity index (χ3v) is 7.40. The average molecular weight is 586 g/mol. The molecule has 1 unspecified atom stereocenters. The maximum absolute atomic E-state index is 15.2. The lowest BCUT2D eigenvalue weighted by atomic mass is 9.94. The number of fused-ring (bicyclic) bond motifs is 3. The molecule has 1 amide bonds. The Hall–Kier alpha value is -3.05. The van der Waals surface area contributed by atoms with Gasteiger partial charge in [-0.3, -0.25) is 4.79 Å². The molecule has 0 radical (unpaired) electrons. The van der Waals surface area contributed by atoms with Gasteiger partial charge in [-0.15, -0.1) is 0 Å². The van der Waals surface area contributed by atoms with Crippen LogP contribution >= 0.6 is 23.2 Å². The lowest BCUT2D eigenvalue weighted by Gasteiger charge is -2.37. The molecule has 2 aliphatic rings. The molecule has 7 nitrogen and oxygen atoms in total. The molecule has 3 aromatic rings. The third-order valence-electron chi connectivity index (χ3n) is 6.89. The molecule has 1 atom stereocenters. The van der Waals surface area contributed by atoms with Gasteiger partial charge in [0.15, 0.2) is 17.5 Å². The number of carbonyl (C=O) groups is 1. The maximum Gasteiger partial charge on any atom is 0.405 e. The van der Waals surface area contributed by atoms with E-state index in [2.05, 4.69) is 9.55 Å². The van der Waals surface area contributed by atoms with Crippen LogP contribution in [0.2, 0.25) is 10.2 Å². The number of hydrogen-bond acceptors (Lipinski definition) is 5. The second kappa shape index (κ2) is 10.8. The van der Waals surface area contributed by atoms with Gasteiger partial charge in [0.2, 0.25) is 0 Å². The van der Waals surface area contributed by atoms with Gasteiger partial charge in [0.05, 0.1) is 11.4 Å². The molecule has 0 aliphatic carbocycles. The van der Waals surface area contributed by atoms with E-state index in [1.165, 1.54) is 25.2 Å². The minimum atomic E-state index is -4.41. The molecule has 0 spiro atoms. The summed E-state index contributed by atoms with van der Waals surface area (Å²) in [5.74, 6) is 0.0349. The summed E-state index contributed by atoms with van der Waals surface area (Å²) in [6, 6.07) is 6.36. The minimum Gasteiger partial charge on any atom is -0.481 e. The Morgan fingerprint density at radius 3 is 2.64 bits per heavy atom. The summed E-state index contributed by atoms with van der Waals surface area (Å²) in [4.78, 5) is 24.7. The van der Waals surface area contributed by atoms with E-state index in [9.17, 15) is 18.0 Å². The second-order valence-electron chi connectivity index (χ2n) is 9.59. The summed E-state index contributed by atoms with van der Waals surface area (Å²) in [6.45, 7) is -0.599. The summed E-state index contributed by atoms with van der Waals surface area (Å²) < 4.78 is 61.1. The van der Waals surface area contributed by atoms with Crippen LogP contribution in [-0.4, -0.2) is 58.3 Å². The van der Waals surface area contributed by atoms with Crippen molar-refractivity contribution in [1.29, 1.82) is 0 Å². The van der Waals surface area contributed by atoms with Crippen molar-refractivity contribution < 1.29 is 27.1 Å². The van der Waals surface area contributed by atoms with Crippen LogP contribution in [0, 0.1) is 5.82 Å². The molecule has 0 saturated carbocycles. The fraction of sp³-hybridized carbons (Fsp3) is 0.423. The number of amides is 1. The average Bonchev–Trinajstić information content (AvgIpc) is 3.25. The number of halogens is 6. The second-order valence-corrected chi connectivity index (χ2v) is 10.4. The number of rotatable bonds is 6. The van der Waals surface area contributed by atoms with E-state index in [1.807, 2.05) is 0 Å². The SMILES string of the molecule is CN(CC(F)(F)F)c1ccc(OCC(=O)N2CCc3nc4n(c3C2c2ccc(Cl)cc2F)CCCC4)c(Cl)n1. The molecule has 208 valence electrons. The van der Waals surface area contributed by atoms with E-state index < -0.39 is 37.1 Å². The van der Waals surface area contributed by atoms with Gasteiger partial charge in [0, 0.05) is 43.6 Å². The number of alkyl halides is 3. The number of hydrogen-bond donors (Lipinski definition) is 0. The highest BCUT2D eigenvalue weighted by Gasteiger charge is 2.38. The maximum atomic E-state index is 15.2. The number of benzene rings is 1. The van der Waals surface area contributed by atoms with Gasteiger partial charge in [0.25, 0.3) is 5.91 Å². The van der Waals surface area contributed by atoms with Gasteiger partial charge in [-0.1, -0.05) is 29.3 Å². The highest BCUT2D eigenvalue weighted by Crippen LogP contribution is 2.39. The van der Waals surface area contributed by atoms with Crippen LogP contribution in [0.1, 0.15) is 41.7 Å². The van der Waals surface area contributed by atoms with E-state index in [0.29, 0.717) is 18.5 Å². The summed E-state index contributed by atoms with van der Waals surface area (Å²) >= 11 is 12.2. The number of imidazole rings is 1. The Morgan fingerprint density at radius 2 is 1.92 bits per heavy atom. The number of nitrogens with zero attached hydrogens (tertiary/aromatic N) is 5. The van der Waals surface area contributed by atoms with E-state index in [0.717, 1.165) is 47.9 Å². The number of pyridine rings is 1. The smallest absolute Gasteiger partial charge is 0.405 e. The molecule has 1 aromatic carbocycles. The number of ether oxygens (including phenoxy) is 1. The van der Waals surface area contributed by atoms with Crippen molar-refractivity contribution in [1.82, 2.24) is 19.4 Å². The number of aromatic nitrogens is 3. The van der Waals surface area contributed by atoms with Gasteiger partial charge in [-0.25, -0.2) is 14.4 Å². The van der Waals surface area contributed by atoms with Crippen molar-refractivity contribution in [2.45, 2.75) is 44.4 Å². The first-order valence-corrected chi connectivity index (χ1v) is 13.2. The number of aryl methyl sites for hydroxylation is 1. The minimum absolute atomic E-state index is 0.00310. The highest BCUT2D eigenvalue weighted by molar-refractivity contribution is 6.31. The Balaban J connectivity index is 1.39. The van der Waals surface area contributed by atoms with Crippen LogP contribution in [0.3, 0.4) is 0 Å². The molecule has 0 bridgehead atoms. The Kier molecular flexibility index (Phi) is 7.65. The normalized spacial score (nSPS) is 17.0. The van der Waals surface area contributed by atoms with Crippen LogP contribution in [0.25, 0.3) is 0 Å². The predicted molar refractivity (Wildman–Crippen MR) is 138 cm³/mol. The fourth-order valence-corrected chi connectivity index (χ4v) is 5.53. The van der Waals surface area contributed by atoms with Crippen LogP contribution < -0.4 is 9.64 Å². The Labute approximate surface area is 232 Å². The monoisotopic (exact) mass is 585 g/mol. The van der Waals surface area contributed by atoms with Crippen molar-refractivity contribution >= 4 is 34.9 Å². The molecule has 13 heteroatoms. The van der Waals surface area contributed by atoms with Crippen LogP contribution in [0.15, 0.2) is 30.3 Å². The van der Waals surface area contributed by atoms with Crippen LogP contribution in [-0.2, 0) is 24.2 Å². The van der Waals surface area contributed by atoms with Gasteiger partial charge in [0.1, 0.15) is 30.0 Å². The topological polar surface area (TPSA) is 63.5 Å². The lowest BCUT2D eigenvalue weighted by Crippen LogP contribution is -2.44. The van der Waals surface area contributed by atoms with Gasteiger partial charge in [-0.2, -0.15) is 13.2 Å². The molecule has 5 rings (SSSR count). The molecule has 0 saturated heterocycles. The van der Waals surface area contributed by atoms with Crippen molar-refractivity contribution in [3.8, 4) is 5.75 Å². The van der Waals surface area contributed by atoms with E-state index in [1.54, 1.807) is 17.0 Å². The van der Waals surface area contributed by atoms with E-state index in [4.69, 9.17) is 32.9 Å². The quantitative estimate of drug-likeness (QED) is 0.278. The summed E-state index contributed by atoms with van der Waals surface area (Å²) in [5, 5.41) is 0.0654. The van der Waals surface area contributed by atoms with Gasteiger partial charge in [-0.05, 0) is 37.1 Å². The van der Waals surface area contributed by atoms with Gasteiger partial charge >= 0.3 is 6.18 Å². The van der Waals surface area contributed by atoms with Crippen molar-refractivity contribution in [3.63, 3.8) is 0 Å². The molecule has 4 heterocycles. The predicted octanol–water partition coefficient (Wildman–Crippen LogP) is 5.61. The van der Waals surface area contributed by atoms with Crippen molar-refractivity contribution in [3.05, 3.63) is 69.1 Å². The van der Waals surface area contributed by atoms with Gasteiger partial charge < -0.3 is 19.1 Å².